The van der Waals surface area contributed by atoms with Crippen molar-refractivity contribution in [2.24, 2.45) is 0 Å². The number of carboxylic acid groups (broad SMARTS) is 1. The van der Waals surface area contributed by atoms with Crippen molar-refractivity contribution in [1.82, 2.24) is 4.72 Å². The van der Waals surface area contributed by atoms with Gasteiger partial charge in [-0.1, -0.05) is 11.6 Å². The molecule has 0 saturated carbocycles. The van der Waals surface area contributed by atoms with Crippen molar-refractivity contribution in [2.45, 2.75) is 16.7 Å². The van der Waals surface area contributed by atoms with Crippen molar-refractivity contribution in [1.29, 1.82) is 0 Å². The highest BCUT2D eigenvalue weighted by atomic mass is 35.5. The Labute approximate surface area is 122 Å². The van der Waals surface area contributed by atoms with Crippen LogP contribution in [-0.4, -0.2) is 42.2 Å². The monoisotopic (exact) mass is 344 g/mol. The van der Waals surface area contributed by atoms with Gasteiger partial charge in [0.2, 0.25) is 10.0 Å². The molecular weight excluding hydrogens is 336 g/mol. The molecule has 0 aliphatic carbocycles. The molecule has 1 heterocycles. The Balaban J connectivity index is 2.77. The summed E-state index contributed by atoms with van der Waals surface area (Å²) < 4.78 is 24.9. The molecule has 12 heteroatoms. The maximum Gasteiger partial charge on any atom is 0.332 e. The summed E-state index contributed by atoms with van der Waals surface area (Å²) in [6.45, 7) is -0.334. The fourth-order valence-corrected chi connectivity index (χ4v) is 3.88. The normalized spacial score (nSPS) is 13.1. The van der Waals surface area contributed by atoms with Gasteiger partial charge in [0.1, 0.15) is 4.21 Å². The van der Waals surface area contributed by atoms with E-state index in [4.69, 9.17) is 21.8 Å². The van der Waals surface area contributed by atoms with Gasteiger partial charge in [-0.15, -0.1) is 11.3 Å². The minimum atomic E-state index is -4.04. The zero-order valence-electron chi connectivity index (χ0n) is 9.65. The Kier molecular flexibility index (Phi) is 5.42. The Morgan fingerprint density at radius 3 is 2.65 bits per heavy atom. The number of hydrogen-bond donors (Lipinski definition) is 3. The van der Waals surface area contributed by atoms with Gasteiger partial charge in [0.25, 0.3) is 5.69 Å². The summed E-state index contributed by atoms with van der Waals surface area (Å²) in [5.74, 6) is -1.47. The lowest BCUT2D eigenvalue weighted by Crippen LogP contribution is -2.29. The van der Waals surface area contributed by atoms with Crippen LogP contribution in [0.4, 0.5) is 5.69 Å². The number of nitrogens with zero attached hydrogens (tertiary/aromatic N) is 1. The third-order valence-corrected chi connectivity index (χ3v) is 5.38. The molecule has 3 N–H and O–H groups in total. The number of aliphatic hydroxyl groups is 1. The van der Waals surface area contributed by atoms with E-state index in [1.807, 2.05) is 4.72 Å². The maximum atomic E-state index is 11.8. The molecule has 0 aromatic carbocycles. The van der Waals surface area contributed by atoms with E-state index in [-0.39, 0.29) is 21.5 Å². The summed E-state index contributed by atoms with van der Waals surface area (Å²) in [5, 5.41) is 27.9. The molecule has 1 rings (SSSR count). The first-order valence-electron chi connectivity index (χ1n) is 4.99. The lowest BCUT2D eigenvalue weighted by Gasteiger charge is -2.06. The van der Waals surface area contributed by atoms with Gasteiger partial charge in [-0.2, -0.15) is 0 Å². The van der Waals surface area contributed by atoms with Crippen LogP contribution in [0, 0.1) is 10.1 Å². The average molecular weight is 345 g/mol. The molecule has 9 nitrogen and oxygen atoms in total. The van der Waals surface area contributed by atoms with E-state index >= 15 is 0 Å². The molecule has 1 aromatic heterocycles. The summed E-state index contributed by atoms with van der Waals surface area (Å²) in [7, 11) is -4.04. The Morgan fingerprint density at radius 1 is 1.60 bits per heavy atom. The van der Waals surface area contributed by atoms with Crippen LogP contribution in [-0.2, 0) is 14.8 Å². The van der Waals surface area contributed by atoms with E-state index in [2.05, 4.69) is 0 Å². The van der Waals surface area contributed by atoms with E-state index in [1.165, 1.54) is 0 Å². The number of nitrogens with one attached hydrogen (secondary N) is 1. The first-order chi connectivity index (χ1) is 9.15. The number of halogens is 1. The number of aliphatic carboxylic acids is 1. The molecule has 112 valence electrons. The summed E-state index contributed by atoms with van der Waals surface area (Å²) >= 11 is 6.05. The molecule has 20 heavy (non-hydrogen) atoms. The van der Waals surface area contributed by atoms with Gasteiger partial charge in [0.05, 0.1) is 4.92 Å². The molecule has 1 unspecified atom stereocenters. The van der Waals surface area contributed by atoms with Gasteiger partial charge in [-0.25, -0.2) is 17.9 Å². The smallest absolute Gasteiger partial charge is 0.332 e. The second-order valence-electron chi connectivity index (χ2n) is 3.52. The molecule has 0 amide bonds. The molecule has 0 bridgehead atoms. The first kappa shape index (κ1) is 16.8. The fourth-order valence-electron chi connectivity index (χ4n) is 1.12. The Morgan fingerprint density at radius 2 is 2.20 bits per heavy atom. The van der Waals surface area contributed by atoms with E-state index in [0.29, 0.717) is 11.3 Å². The summed E-state index contributed by atoms with van der Waals surface area (Å²) in [6, 6.07) is 0.808. The lowest BCUT2D eigenvalue weighted by atomic mass is 10.3. The molecular formula is C8H9ClN2O7S2. The quantitative estimate of drug-likeness (QED) is 0.479. The highest BCUT2D eigenvalue weighted by molar-refractivity contribution is 7.91. The fraction of sp³-hybridized carbons (Fsp3) is 0.375. The van der Waals surface area contributed by atoms with Crippen molar-refractivity contribution < 1.29 is 28.3 Å². The molecule has 0 saturated heterocycles. The van der Waals surface area contributed by atoms with Crippen LogP contribution in [0.25, 0.3) is 0 Å². The molecule has 0 radical (unpaired) electrons. The highest BCUT2D eigenvalue weighted by Gasteiger charge is 2.25. The first-order valence-corrected chi connectivity index (χ1v) is 7.67. The third kappa shape index (κ3) is 4.11. The molecule has 0 aliphatic rings. The van der Waals surface area contributed by atoms with Crippen LogP contribution in [0.5, 0.6) is 0 Å². The van der Waals surface area contributed by atoms with E-state index in [9.17, 15) is 23.3 Å². The van der Waals surface area contributed by atoms with Crippen LogP contribution < -0.4 is 4.72 Å². The number of rotatable bonds is 7. The SMILES string of the molecule is O=C(O)C(O)CCNS(=O)(=O)c1cc([N+](=O)[O-])c(Cl)s1. The van der Waals surface area contributed by atoms with Crippen LogP contribution in [0.3, 0.4) is 0 Å². The van der Waals surface area contributed by atoms with Crippen LogP contribution in [0.1, 0.15) is 6.42 Å². The summed E-state index contributed by atoms with van der Waals surface area (Å²) in [6.07, 6.45) is -2.03. The predicted molar refractivity (Wildman–Crippen MR) is 69.4 cm³/mol. The third-order valence-electron chi connectivity index (χ3n) is 2.10. The van der Waals surface area contributed by atoms with Gasteiger partial charge in [0.15, 0.2) is 10.4 Å². The van der Waals surface area contributed by atoms with Crippen molar-refractivity contribution in [2.75, 3.05) is 6.54 Å². The van der Waals surface area contributed by atoms with E-state index < -0.39 is 32.7 Å². The maximum absolute atomic E-state index is 11.8. The van der Waals surface area contributed by atoms with E-state index in [0.717, 1.165) is 6.07 Å². The van der Waals surface area contributed by atoms with Gasteiger partial charge < -0.3 is 10.2 Å². The van der Waals surface area contributed by atoms with Crippen molar-refractivity contribution >= 4 is 44.6 Å². The van der Waals surface area contributed by atoms with Gasteiger partial charge in [-0.3, -0.25) is 10.1 Å². The number of sulfonamides is 1. The predicted octanol–water partition coefficient (Wildman–Crippen LogP) is 0.424. The average Bonchev–Trinajstić information content (AvgIpc) is 2.71. The zero-order valence-corrected chi connectivity index (χ0v) is 12.0. The second-order valence-corrected chi connectivity index (χ2v) is 7.17. The second kappa shape index (κ2) is 6.45. The number of aliphatic hydroxyl groups excluding tert-OH is 1. The minimum absolute atomic E-state index is 0.277. The number of hydrogen-bond acceptors (Lipinski definition) is 7. The minimum Gasteiger partial charge on any atom is -0.479 e. The standard InChI is InChI=1S/C8H9ClN2O7S2/c9-7-4(11(15)16)3-6(19-7)20(17,18)10-2-1-5(12)8(13)14/h3,5,10,12H,1-2H2,(H,13,14). The topological polar surface area (TPSA) is 147 Å². The van der Waals surface area contributed by atoms with E-state index in [1.54, 1.807) is 0 Å². The molecule has 0 fully saturated rings. The van der Waals surface area contributed by atoms with Crippen LogP contribution in [0.2, 0.25) is 4.34 Å². The van der Waals surface area contributed by atoms with Crippen molar-refractivity contribution in [3.8, 4) is 0 Å². The lowest BCUT2D eigenvalue weighted by molar-refractivity contribution is -0.384. The van der Waals surface area contributed by atoms with Gasteiger partial charge >= 0.3 is 5.97 Å². The zero-order chi connectivity index (χ0) is 15.5. The molecule has 0 aliphatic heterocycles. The number of thiophene rings is 1. The van der Waals surface area contributed by atoms with Gasteiger partial charge in [-0.05, 0) is 6.42 Å². The van der Waals surface area contributed by atoms with Crippen molar-refractivity contribution in [3.63, 3.8) is 0 Å². The number of carbonyl (C=O) groups is 1. The van der Waals surface area contributed by atoms with Crippen molar-refractivity contribution in [3.05, 3.63) is 20.5 Å². The molecule has 1 aromatic rings. The van der Waals surface area contributed by atoms with Crippen LogP contribution in [0.15, 0.2) is 10.3 Å². The summed E-state index contributed by atoms with van der Waals surface area (Å²) in [5.41, 5.74) is -0.525. The largest absolute Gasteiger partial charge is 0.479 e. The number of carboxylic acids is 1. The summed E-state index contributed by atoms with van der Waals surface area (Å²) in [4.78, 5) is 20.1. The number of nitro groups is 1. The molecule has 0 spiro atoms. The Bertz CT molecular complexity index is 627. The molecule has 1 atom stereocenters. The Hall–Kier alpha value is -1.27. The highest BCUT2D eigenvalue weighted by Crippen LogP contribution is 2.35. The van der Waals surface area contributed by atoms with Gasteiger partial charge in [0, 0.05) is 12.6 Å². The van der Waals surface area contributed by atoms with Crippen LogP contribution >= 0.6 is 22.9 Å².